The second kappa shape index (κ2) is 25.3. The summed E-state index contributed by atoms with van der Waals surface area (Å²) < 4.78 is 117. The number of nitrogen functional groups attached to an aromatic ring is 1. The Morgan fingerprint density at radius 2 is 1.44 bits per heavy atom. The van der Waals surface area contributed by atoms with E-state index in [1.807, 2.05) is 0 Å². The quantitative estimate of drug-likeness (QED) is 0.0539. The number of esters is 2. The van der Waals surface area contributed by atoms with Crippen LogP contribution in [-0.2, 0) is 65.6 Å². The Labute approximate surface area is 402 Å². The van der Waals surface area contributed by atoms with E-state index in [9.17, 15) is 33.6 Å². The number of nitrogens with two attached hydrogens (primary N) is 2. The Kier molecular flexibility index (Phi) is 20.2. The number of ether oxygens (including phenoxy) is 8. The number of aliphatic hydroxyl groups is 1. The van der Waals surface area contributed by atoms with Crippen molar-refractivity contribution in [1.29, 1.82) is 0 Å². The first-order chi connectivity index (χ1) is 32.5. The molecule has 3 aliphatic heterocycles. The SMILES string of the molecule is CC(C)OC(=O)OCOP(=O)(OCOC(=O)OC(C)C)OC[C@@]1(CCl)O[C@@H](n2ccc(N)nc2=O)[C@H](F)[C@@H]1O.[2H]C([2H])(OC(=O)C(C)C)[C@@]1(CCl)O[C@@H](N2C=CC(N)=NC2=C)[C@H](F)[C@@H]1OC(=O)C(C)C. The number of aliphatic imine (C=N–C) groups is 1. The van der Waals surface area contributed by atoms with Gasteiger partial charge in [0.05, 0.1) is 45.2 Å². The Balaban J connectivity index is 0.000000380. The van der Waals surface area contributed by atoms with E-state index in [0.717, 1.165) is 10.8 Å². The minimum atomic E-state index is -4.80. The topological polar surface area (TPSA) is 310 Å². The zero-order valence-electron chi connectivity index (χ0n) is 40.1. The van der Waals surface area contributed by atoms with Crippen LogP contribution in [0.15, 0.2) is 46.7 Å². The molecular formula is C39H57Cl2F2N6O18P. The lowest BCUT2D eigenvalue weighted by molar-refractivity contribution is -0.178. The van der Waals surface area contributed by atoms with E-state index in [-0.39, 0.29) is 17.5 Å². The molecule has 24 nitrogen and oxygen atoms in total. The number of halogens is 4. The van der Waals surface area contributed by atoms with Crippen LogP contribution < -0.4 is 17.2 Å². The summed E-state index contributed by atoms with van der Waals surface area (Å²) in [6.07, 6.45) is -11.0. The molecule has 0 aromatic carbocycles. The second-order valence-electron chi connectivity index (χ2n) is 15.8. The summed E-state index contributed by atoms with van der Waals surface area (Å²) in [7, 11) is -4.80. The number of nitrogens with zero attached hydrogens (tertiary/aromatic N) is 4. The Bertz CT molecular complexity index is 2170. The monoisotopic (exact) mass is 1040 g/mol. The summed E-state index contributed by atoms with van der Waals surface area (Å²) in [5.74, 6) is -4.32. The molecule has 8 atom stereocenters. The zero-order valence-corrected chi connectivity index (χ0v) is 40.5. The van der Waals surface area contributed by atoms with Crippen molar-refractivity contribution in [2.75, 3.05) is 44.2 Å². The summed E-state index contributed by atoms with van der Waals surface area (Å²) in [5.41, 5.74) is 5.63. The third kappa shape index (κ3) is 15.4. The molecule has 0 bridgehead atoms. The summed E-state index contributed by atoms with van der Waals surface area (Å²) >= 11 is 12.0. The van der Waals surface area contributed by atoms with Gasteiger partial charge < -0.3 is 59.4 Å². The molecule has 0 radical (unpaired) electrons. The number of phosphoric ester groups is 1. The molecule has 0 spiro atoms. The van der Waals surface area contributed by atoms with Crippen LogP contribution in [0.25, 0.3) is 0 Å². The minimum Gasteiger partial charge on any atom is -0.462 e. The van der Waals surface area contributed by atoms with Crippen molar-refractivity contribution in [2.45, 2.75) is 116 Å². The van der Waals surface area contributed by atoms with Crippen molar-refractivity contribution in [3.63, 3.8) is 0 Å². The smallest absolute Gasteiger partial charge is 0.462 e. The molecule has 4 heterocycles. The Morgan fingerprint density at radius 3 is 1.93 bits per heavy atom. The molecule has 0 saturated carbocycles. The Morgan fingerprint density at radius 1 is 0.897 bits per heavy atom. The van der Waals surface area contributed by atoms with Crippen molar-refractivity contribution in [1.82, 2.24) is 14.5 Å². The average molecular weight is 1040 g/mol. The maximum absolute atomic E-state index is 15.7. The summed E-state index contributed by atoms with van der Waals surface area (Å²) in [6.45, 7) is 10.0. The van der Waals surface area contributed by atoms with Crippen LogP contribution in [0.4, 0.5) is 24.2 Å². The fraction of sp³-hybridized carbons (Fsp3) is 0.667. The first-order valence-corrected chi connectivity index (χ1v) is 22.9. The van der Waals surface area contributed by atoms with Crippen LogP contribution in [-0.4, -0.2) is 142 Å². The summed E-state index contributed by atoms with van der Waals surface area (Å²) in [4.78, 5) is 68.3. The fourth-order valence-electron chi connectivity index (χ4n) is 5.53. The largest absolute Gasteiger partial charge is 0.510 e. The van der Waals surface area contributed by atoms with Gasteiger partial charge in [-0.3, -0.25) is 18.7 Å². The first-order valence-electron chi connectivity index (χ1n) is 21.4. The number of carbonyl (C=O) groups excluding carboxylic acids is 4. The molecule has 1 aromatic heterocycles. The molecule has 68 heavy (non-hydrogen) atoms. The number of aliphatic hydroxyl groups excluding tert-OH is 1. The summed E-state index contributed by atoms with van der Waals surface area (Å²) in [5, 5.41) is 10.6. The first kappa shape index (κ1) is 54.3. The molecule has 2 fully saturated rings. The maximum atomic E-state index is 15.7. The van der Waals surface area contributed by atoms with Crippen LogP contribution in [0.5, 0.6) is 0 Å². The number of phosphoric acid groups is 1. The van der Waals surface area contributed by atoms with Gasteiger partial charge in [-0.25, -0.2) is 41.8 Å². The van der Waals surface area contributed by atoms with E-state index in [0.29, 0.717) is 0 Å². The lowest BCUT2D eigenvalue weighted by Crippen LogP contribution is -2.51. The number of amidine groups is 1. The predicted octanol–water partition coefficient (Wildman–Crippen LogP) is 4.31. The molecule has 5 N–H and O–H groups in total. The van der Waals surface area contributed by atoms with E-state index in [1.54, 1.807) is 27.7 Å². The highest BCUT2D eigenvalue weighted by Crippen LogP contribution is 2.52. The van der Waals surface area contributed by atoms with Gasteiger partial charge in [0.15, 0.2) is 36.5 Å². The van der Waals surface area contributed by atoms with E-state index < -0.39 is 149 Å². The van der Waals surface area contributed by atoms with E-state index >= 15 is 8.78 Å². The third-order valence-corrected chi connectivity index (χ3v) is 11.2. The lowest BCUT2D eigenvalue weighted by atomic mass is 9.98. The van der Waals surface area contributed by atoms with Gasteiger partial charge in [-0.05, 0) is 39.8 Å². The molecule has 4 rings (SSSR count). The molecule has 0 amide bonds. The highest BCUT2D eigenvalue weighted by atomic mass is 35.5. The molecular weight excluding hydrogens is 980 g/mol. The normalized spacial score (nSPS) is 26.5. The number of carbonyl (C=O) groups is 4. The standard InChI is InChI=1S/C20H30ClFN3O13P.C19H27ClFN3O5/c1-11(2)36-18(28)31-9-34-39(30,35-10-32-19(29)37-12(3)4)33-8-20(7-21)15(26)14(22)16(38-20)25-6-5-13(23)24-17(25)27;1-10(2)17(25)27-9-19(8-20)15(28-18(26)11(3)4)14(21)16(29-19)24-7-6-13(22)23-12(24)5/h5-6,11-12,14-16,26H,7-10H2,1-4H3,(H2,23,24,27);6-7,10-11,14-16H,5,8-9H2,1-4H3,(H2,22,23)/t14-,15+,16-,20-;14-,15+,16-,19-/m11/s1/i;9D2. The fourth-order valence-corrected chi connectivity index (χ4v) is 7.06. The molecule has 384 valence electrons. The van der Waals surface area contributed by atoms with E-state index in [4.69, 9.17) is 79.4 Å². The van der Waals surface area contributed by atoms with Gasteiger partial charge in [-0.15, -0.1) is 23.2 Å². The number of hydrogen-bond donors (Lipinski definition) is 3. The lowest BCUT2D eigenvalue weighted by Gasteiger charge is -2.33. The van der Waals surface area contributed by atoms with Crippen LogP contribution in [0.3, 0.4) is 0 Å². The number of rotatable bonds is 20. The van der Waals surface area contributed by atoms with Crippen LogP contribution in [0.2, 0.25) is 0 Å². The molecule has 0 unspecified atom stereocenters. The van der Waals surface area contributed by atoms with Crippen molar-refractivity contribution in [3.8, 4) is 0 Å². The zero-order chi connectivity index (χ0) is 53.1. The van der Waals surface area contributed by atoms with Crippen molar-refractivity contribution in [3.05, 3.63) is 47.4 Å². The van der Waals surface area contributed by atoms with E-state index in [2.05, 4.69) is 26.0 Å². The van der Waals surface area contributed by atoms with Crippen LogP contribution in [0.1, 0.15) is 64.4 Å². The maximum Gasteiger partial charge on any atom is 0.510 e. The van der Waals surface area contributed by atoms with Gasteiger partial charge in [-0.2, -0.15) is 4.98 Å². The predicted molar refractivity (Wildman–Crippen MR) is 234 cm³/mol. The third-order valence-electron chi connectivity index (χ3n) is 9.02. The minimum absolute atomic E-state index is 0.0201. The number of hydrogen-bond acceptors (Lipinski definition) is 23. The number of anilines is 1. The van der Waals surface area contributed by atoms with Gasteiger partial charge in [0.25, 0.3) is 0 Å². The molecule has 3 aliphatic rings. The van der Waals surface area contributed by atoms with Crippen LogP contribution in [0, 0.1) is 11.8 Å². The highest BCUT2D eigenvalue weighted by molar-refractivity contribution is 7.48. The average Bonchev–Trinajstić information content (AvgIpc) is 3.68. The molecule has 0 aliphatic carbocycles. The van der Waals surface area contributed by atoms with Crippen molar-refractivity contribution in [2.24, 2.45) is 22.6 Å². The molecule has 29 heteroatoms. The number of alkyl halides is 4. The Hall–Kier alpha value is -4.66. The summed E-state index contributed by atoms with van der Waals surface area (Å²) in [6, 6.07) is 1.20. The number of aromatic nitrogens is 2. The van der Waals surface area contributed by atoms with Gasteiger partial charge in [0.1, 0.15) is 35.7 Å². The van der Waals surface area contributed by atoms with Gasteiger partial charge in [-0.1, -0.05) is 34.3 Å². The van der Waals surface area contributed by atoms with Crippen molar-refractivity contribution >= 4 is 66.9 Å². The highest BCUT2D eigenvalue weighted by Gasteiger charge is 2.61. The second-order valence-corrected chi connectivity index (χ2v) is 18.0. The molecule has 1 aromatic rings. The van der Waals surface area contributed by atoms with Crippen molar-refractivity contribution < 1.29 is 91.8 Å². The molecule has 2 saturated heterocycles. The van der Waals surface area contributed by atoms with Gasteiger partial charge in [0.2, 0.25) is 13.6 Å². The van der Waals surface area contributed by atoms with Gasteiger partial charge in [0, 0.05) is 12.4 Å². The van der Waals surface area contributed by atoms with Gasteiger partial charge >= 0.3 is 37.8 Å². The van der Waals surface area contributed by atoms with Crippen LogP contribution >= 0.6 is 31.0 Å². The van der Waals surface area contributed by atoms with E-state index in [1.165, 1.54) is 50.9 Å².